The standard InChI is InChI=1S/C19H23NO3/c1-19(22,16-9-4-3-5-10-16)14-20-18(21)13-12-15-8-6-7-11-17(15)23-2/h3-11,22H,12-14H2,1-2H3,(H,20,21). The van der Waals surface area contributed by atoms with Crippen molar-refractivity contribution in [3.8, 4) is 5.75 Å². The summed E-state index contributed by atoms with van der Waals surface area (Å²) in [6, 6.07) is 17.0. The van der Waals surface area contributed by atoms with E-state index in [2.05, 4.69) is 5.32 Å². The van der Waals surface area contributed by atoms with E-state index in [-0.39, 0.29) is 12.5 Å². The molecule has 1 amide bonds. The molecule has 0 saturated heterocycles. The molecule has 23 heavy (non-hydrogen) atoms. The van der Waals surface area contributed by atoms with Crippen molar-refractivity contribution < 1.29 is 14.6 Å². The number of carbonyl (C=O) groups excluding carboxylic acids is 1. The SMILES string of the molecule is COc1ccccc1CCC(=O)NCC(C)(O)c1ccccc1. The highest BCUT2D eigenvalue weighted by molar-refractivity contribution is 5.76. The summed E-state index contributed by atoms with van der Waals surface area (Å²) in [6.45, 7) is 1.88. The molecule has 0 heterocycles. The van der Waals surface area contributed by atoms with E-state index in [1.165, 1.54) is 0 Å². The molecule has 4 heteroatoms. The van der Waals surface area contributed by atoms with Crippen molar-refractivity contribution in [1.82, 2.24) is 5.32 Å². The number of hydrogen-bond donors (Lipinski definition) is 2. The summed E-state index contributed by atoms with van der Waals surface area (Å²) >= 11 is 0. The average Bonchev–Trinajstić information content (AvgIpc) is 2.59. The zero-order valence-corrected chi connectivity index (χ0v) is 13.6. The summed E-state index contributed by atoms with van der Waals surface area (Å²) in [6.07, 6.45) is 0.953. The van der Waals surface area contributed by atoms with Gasteiger partial charge in [-0.3, -0.25) is 4.79 Å². The van der Waals surface area contributed by atoms with Crippen molar-refractivity contribution in [2.75, 3.05) is 13.7 Å². The number of carbonyl (C=O) groups is 1. The highest BCUT2D eigenvalue weighted by atomic mass is 16.5. The molecule has 122 valence electrons. The predicted molar refractivity (Wildman–Crippen MR) is 90.3 cm³/mol. The van der Waals surface area contributed by atoms with Crippen LogP contribution in [0, 0.1) is 0 Å². The van der Waals surface area contributed by atoms with Gasteiger partial charge in [-0.05, 0) is 30.5 Å². The van der Waals surface area contributed by atoms with Crippen molar-refractivity contribution in [2.24, 2.45) is 0 Å². The molecule has 2 aromatic rings. The highest BCUT2D eigenvalue weighted by Crippen LogP contribution is 2.20. The Kier molecular flexibility index (Phi) is 5.77. The fourth-order valence-corrected chi connectivity index (χ4v) is 2.42. The van der Waals surface area contributed by atoms with Gasteiger partial charge in [0.15, 0.2) is 0 Å². The number of benzene rings is 2. The molecule has 0 radical (unpaired) electrons. The van der Waals surface area contributed by atoms with E-state index in [4.69, 9.17) is 4.74 Å². The maximum absolute atomic E-state index is 12.0. The molecule has 1 unspecified atom stereocenters. The second-order valence-electron chi connectivity index (χ2n) is 5.73. The molecule has 0 aromatic heterocycles. The molecular weight excluding hydrogens is 290 g/mol. The third kappa shape index (κ3) is 4.83. The molecule has 4 nitrogen and oxygen atoms in total. The van der Waals surface area contributed by atoms with Crippen molar-refractivity contribution in [3.63, 3.8) is 0 Å². The van der Waals surface area contributed by atoms with Crippen molar-refractivity contribution in [3.05, 3.63) is 65.7 Å². The minimum atomic E-state index is -1.08. The van der Waals surface area contributed by atoms with E-state index in [0.717, 1.165) is 16.9 Å². The zero-order valence-electron chi connectivity index (χ0n) is 13.6. The second-order valence-corrected chi connectivity index (χ2v) is 5.73. The Morgan fingerprint density at radius 3 is 2.48 bits per heavy atom. The van der Waals surface area contributed by atoms with Crippen LogP contribution in [0.5, 0.6) is 5.75 Å². The Balaban J connectivity index is 1.86. The molecule has 0 aliphatic carbocycles. The molecule has 1 atom stereocenters. The molecule has 0 aliphatic heterocycles. The van der Waals surface area contributed by atoms with Crippen molar-refractivity contribution in [2.45, 2.75) is 25.4 Å². The number of amides is 1. The van der Waals surface area contributed by atoms with Crippen LogP contribution in [-0.4, -0.2) is 24.7 Å². The number of aliphatic hydroxyl groups is 1. The lowest BCUT2D eigenvalue weighted by atomic mass is 9.96. The van der Waals surface area contributed by atoms with Gasteiger partial charge in [-0.15, -0.1) is 0 Å². The first-order chi connectivity index (χ1) is 11.0. The molecule has 0 aliphatic rings. The van der Waals surface area contributed by atoms with Gasteiger partial charge < -0.3 is 15.2 Å². The van der Waals surface area contributed by atoms with Crippen molar-refractivity contribution >= 4 is 5.91 Å². The highest BCUT2D eigenvalue weighted by Gasteiger charge is 2.23. The normalized spacial score (nSPS) is 13.2. The third-order valence-electron chi connectivity index (χ3n) is 3.84. The van der Waals surface area contributed by atoms with Gasteiger partial charge in [0, 0.05) is 6.42 Å². The summed E-state index contributed by atoms with van der Waals surface area (Å²) < 4.78 is 5.28. The maximum Gasteiger partial charge on any atom is 0.220 e. The Hall–Kier alpha value is -2.33. The molecular formula is C19H23NO3. The number of rotatable bonds is 7. The van der Waals surface area contributed by atoms with Gasteiger partial charge in [-0.25, -0.2) is 0 Å². The minimum absolute atomic E-state index is 0.0906. The van der Waals surface area contributed by atoms with Crippen molar-refractivity contribution in [1.29, 1.82) is 0 Å². The predicted octanol–water partition coefficient (Wildman–Crippen LogP) is 2.65. The number of methoxy groups -OCH3 is 1. The first kappa shape index (κ1) is 17.0. The number of nitrogens with one attached hydrogen (secondary N) is 1. The molecule has 2 rings (SSSR count). The van der Waals surface area contributed by atoms with Crippen LogP contribution in [0.15, 0.2) is 54.6 Å². The summed E-state index contributed by atoms with van der Waals surface area (Å²) in [7, 11) is 1.62. The van der Waals surface area contributed by atoms with E-state index < -0.39 is 5.60 Å². The lowest BCUT2D eigenvalue weighted by Gasteiger charge is -2.24. The summed E-state index contributed by atoms with van der Waals surface area (Å²) in [5, 5.41) is 13.3. The van der Waals surface area contributed by atoms with Crippen LogP contribution in [0.25, 0.3) is 0 Å². The molecule has 0 spiro atoms. The van der Waals surface area contributed by atoms with Crippen LogP contribution < -0.4 is 10.1 Å². The van der Waals surface area contributed by atoms with Crippen LogP contribution in [0.2, 0.25) is 0 Å². The lowest BCUT2D eigenvalue weighted by Crippen LogP contribution is -2.38. The van der Waals surface area contributed by atoms with E-state index in [9.17, 15) is 9.90 Å². The Morgan fingerprint density at radius 2 is 1.78 bits per heavy atom. The summed E-state index contributed by atoms with van der Waals surface area (Å²) in [4.78, 5) is 12.0. The fourth-order valence-electron chi connectivity index (χ4n) is 2.42. The molecule has 0 bridgehead atoms. The Bertz CT molecular complexity index is 638. The minimum Gasteiger partial charge on any atom is -0.496 e. The first-order valence-corrected chi connectivity index (χ1v) is 7.69. The topological polar surface area (TPSA) is 58.6 Å². The van der Waals surface area contributed by atoms with Gasteiger partial charge in [-0.1, -0.05) is 48.5 Å². The van der Waals surface area contributed by atoms with Gasteiger partial charge in [-0.2, -0.15) is 0 Å². The van der Waals surface area contributed by atoms with Gasteiger partial charge in [0.25, 0.3) is 0 Å². The zero-order chi connectivity index (χ0) is 16.7. The summed E-state index contributed by atoms with van der Waals surface area (Å²) in [5.41, 5.74) is 0.700. The average molecular weight is 313 g/mol. The maximum atomic E-state index is 12.0. The van der Waals surface area contributed by atoms with E-state index >= 15 is 0 Å². The second kappa shape index (κ2) is 7.79. The molecule has 0 fully saturated rings. The monoisotopic (exact) mass is 313 g/mol. The molecule has 2 aromatic carbocycles. The number of hydrogen-bond acceptors (Lipinski definition) is 3. The van der Waals surface area contributed by atoms with Gasteiger partial charge in [0.2, 0.25) is 5.91 Å². The third-order valence-corrected chi connectivity index (χ3v) is 3.84. The Labute approximate surface area is 137 Å². The van der Waals surface area contributed by atoms with E-state index in [0.29, 0.717) is 12.8 Å². The first-order valence-electron chi connectivity index (χ1n) is 7.69. The van der Waals surface area contributed by atoms with Crippen LogP contribution in [0.1, 0.15) is 24.5 Å². The quantitative estimate of drug-likeness (QED) is 0.826. The van der Waals surface area contributed by atoms with E-state index in [1.54, 1.807) is 14.0 Å². The lowest BCUT2D eigenvalue weighted by molar-refractivity contribution is -0.122. The smallest absolute Gasteiger partial charge is 0.220 e. The van der Waals surface area contributed by atoms with Crippen LogP contribution in [-0.2, 0) is 16.8 Å². The fraction of sp³-hybridized carbons (Fsp3) is 0.316. The van der Waals surface area contributed by atoms with E-state index in [1.807, 2.05) is 54.6 Å². The van der Waals surface area contributed by atoms with Crippen LogP contribution in [0.4, 0.5) is 0 Å². The number of aryl methyl sites for hydroxylation is 1. The number of para-hydroxylation sites is 1. The van der Waals surface area contributed by atoms with Gasteiger partial charge in [0.1, 0.15) is 11.4 Å². The summed E-state index contributed by atoms with van der Waals surface area (Å²) in [5.74, 6) is 0.698. The molecule has 2 N–H and O–H groups in total. The Morgan fingerprint density at radius 1 is 1.13 bits per heavy atom. The van der Waals surface area contributed by atoms with Crippen LogP contribution >= 0.6 is 0 Å². The largest absolute Gasteiger partial charge is 0.496 e. The number of ether oxygens (including phenoxy) is 1. The van der Waals surface area contributed by atoms with Gasteiger partial charge >= 0.3 is 0 Å². The molecule has 0 saturated carbocycles. The van der Waals surface area contributed by atoms with Crippen LogP contribution in [0.3, 0.4) is 0 Å². The van der Waals surface area contributed by atoms with Gasteiger partial charge in [0.05, 0.1) is 13.7 Å².